The third kappa shape index (κ3) is 4.76. The molecule has 5 atom stereocenters. The van der Waals surface area contributed by atoms with Crippen molar-refractivity contribution in [2.75, 3.05) is 20.1 Å². The minimum atomic E-state index is -0.783. The van der Waals surface area contributed by atoms with Gasteiger partial charge in [-0.2, -0.15) is 5.26 Å². The molecule has 7 heteroatoms. The highest BCUT2D eigenvalue weighted by Crippen LogP contribution is 2.39. The third-order valence-electron chi connectivity index (χ3n) is 8.50. The van der Waals surface area contributed by atoms with Gasteiger partial charge in [-0.05, 0) is 67.8 Å². The second-order valence-corrected chi connectivity index (χ2v) is 11.0. The molecule has 2 amide bonds. The predicted octanol–water partition coefficient (Wildman–Crippen LogP) is 2.88. The molecule has 0 radical (unpaired) electrons. The maximum atomic E-state index is 13.9. The van der Waals surface area contributed by atoms with Crippen molar-refractivity contribution in [2.45, 2.75) is 69.7 Å². The molecule has 7 nitrogen and oxygen atoms in total. The van der Waals surface area contributed by atoms with Crippen molar-refractivity contribution in [3.8, 4) is 6.07 Å². The fraction of sp³-hybridized carbons (Fsp3) is 0.500. The number of nitrogens with zero attached hydrogens (tertiary/aromatic N) is 4. The SMILES string of the molecule is CC1CC1N(C(=O)C(N)CN(C)C1CCN(C2c3ccccc3CCc3ccccc32)C1=O)C(C)C#N. The lowest BCUT2D eigenvalue weighted by atomic mass is 9.93. The molecule has 2 fully saturated rings. The quantitative estimate of drug-likeness (QED) is 0.632. The Balaban J connectivity index is 1.34. The summed E-state index contributed by atoms with van der Waals surface area (Å²) in [6, 6.07) is 17.5. The van der Waals surface area contributed by atoms with Crippen molar-refractivity contribution in [2.24, 2.45) is 11.7 Å². The number of likely N-dealkylation sites (tertiary alicyclic amines) is 1. The molecule has 1 aliphatic heterocycles. The average molecular weight is 500 g/mol. The molecule has 2 aliphatic carbocycles. The van der Waals surface area contributed by atoms with Crippen LogP contribution in [0, 0.1) is 17.2 Å². The molecule has 0 spiro atoms. The first-order valence-electron chi connectivity index (χ1n) is 13.5. The van der Waals surface area contributed by atoms with Crippen LogP contribution in [-0.4, -0.2) is 70.8 Å². The van der Waals surface area contributed by atoms with Gasteiger partial charge in [-0.15, -0.1) is 0 Å². The molecule has 2 N–H and O–H groups in total. The van der Waals surface area contributed by atoms with E-state index in [1.54, 1.807) is 11.8 Å². The number of carbonyl (C=O) groups is 2. The van der Waals surface area contributed by atoms with Crippen molar-refractivity contribution < 1.29 is 9.59 Å². The van der Waals surface area contributed by atoms with E-state index in [1.807, 2.05) is 16.8 Å². The zero-order valence-electron chi connectivity index (χ0n) is 22.0. The van der Waals surface area contributed by atoms with E-state index in [-0.39, 0.29) is 36.5 Å². The van der Waals surface area contributed by atoms with Crippen LogP contribution in [0.3, 0.4) is 0 Å². The Kier molecular flexibility index (Phi) is 7.06. The Labute approximate surface area is 219 Å². The first-order valence-corrected chi connectivity index (χ1v) is 13.5. The first kappa shape index (κ1) is 25.4. The standard InChI is InChI=1S/C30H37N5O2/c1-19-16-27(19)35(20(2)17-31)29(36)25(32)18-33(3)26-14-15-34(30(26)37)28-23-10-6-4-8-21(23)12-13-22-9-5-7-11-24(22)28/h4-11,19-20,25-28H,12-16,18,32H2,1-3H3. The summed E-state index contributed by atoms with van der Waals surface area (Å²) in [5.74, 6) is 0.265. The van der Waals surface area contributed by atoms with Gasteiger partial charge in [-0.25, -0.2) is 0 Å². The predicted molar refractivity (Wildman–Crippen MR) is 142 cm³/mol. The van der Waals surface area contributed by atoms with E-state index in [2.05, 4.69) is 61.5 Å². The van der Waals surface area contributed by atoms with Crippen molar-refractivity contribution in [3.63, 3.8) is 0 Å². The normalized spacial score (nSPS) is 24.6. The molecule has 1 heterocycles. The maximum absolute atomic E-state index is 13.9. The zero-order valence-corrected chi connectivity index (χ0v) is 22.0. The van der Waals surface area contributed by atoms with E-state index >= 15 is 0 Å². The lowest BCUT2D eigenvalue weighted by Gasteiger charge is -2.33. The fourth-order valence-corrected chi connectivity index (χ4v) is 6.28. The van der Waals surface area contributed by atoms with Gasteiger partial charge in [0.25, 0.3) is 0 Å². The van der Waals surface area contributed by atoms with E-state index in [9.17, 15) is 14.9 Å². The van der Waals surface area contributed by atoms with Gasteiger partial charge in [0.15, 0.2) is 0 Å². The first-order chi connectivity index (χ1) is 17.8. The number of aryl methyl sites for hydroxylation is 2. The minimum Gasteiger partial charge on any atom is -0.330 e. The minimum absolute atomic E-state index is 0.0803. The van der Waals surface area contributed by atoms with Gasteiger partial charge >= 0.3 is 0 Å². The Morgan fingerprint density at radius 2 is 1.70 bits per heavy atom. The summed E-state index contributed by atoms with van der Waals surface area (Å²) < 4.78 is 0. The smallest absolute Gasteiger partial charge is 0.242 e. The molecule has 2 aromatic carbocycles. The number of likely N-dealkylation sites (N-methyl/N-ethyl adjacent to an activating group) is 1. The highest BCUT2D eigenvalue weighted by atomic mass is 16.2. The van der Waals surface area contributed by atoms with Gasteiger partial charge in [0.1, 0.15) is 6.04 Å². The van der Waals surface area contributed by atoms with Gasteiger partial charge in [-0.1, -0.05) is 55.5 Å². The Hall–Kier alpha value is -3.21. The number of fused-ring (bicyclic) bond motifs is 2. The lowest BCUT2D eigenvalue weighted by Crippen LogP contribution is -2.54. The van der Waals surface area contributed by atoms with E-state index in [1.165, 1.54) is 22.3 Å². The van der Waals surface area contributed by atoms with Crippen LogP contribution in [0.1, 0.15) is 55.0 Å². The van der Waals surface area contributed by atoms with Gasteiger partial charge in [0.2, 0.25) is 11.8 Å². The summed E-state index contributed by atoms with van der Waals surface area (Å²) in [5.41, 5.74) is 11.4. The van der Waals surface area contributed by atoms with E-state index in [4.69, 9.17) is 5.73 Å². The Morgan fingerprint density at radius 3 is 2.24 bits per heavy atom. The monoisotopic (exact) mass is 499 g/mol. The van der Waals surface area contributed by atoms with Crippen LogP contribution in [0.15, 0.2) is 48.5 Å². The second-order valence-electron chi connectivity index (χ2n) is 11.0. The molecule has 5 rings (SSSR count). The molecule has 1 saturated carbocycles. The molecule has 5 unspecified atom stereocenters. The summed E-state index contributed by atoms with van der Waals surface area (Å²) in [7, 11) is 1.88. The number of nitriles is 1. The summed E-state index contributed by atoms with van der Waals surface area (Å²) in [6.45, 7) is 4.76. The van der Waals surface area contributed by atoms with Crippen LogP contribution < -0.4 is 5.73 Å². The summed E-state index contributed by atoms with van der Waals surface area (Å²) in [4.78, 5) is 32.8. The van der Waals surface area contributed by atoms with Gasteiger partial charge in [0, 0.05) is 19.1 Å². The Bertz CT molecular complexity index is 1170. The highest BCUT2D eigenvalue weighted by Gasteiger charge is 2.45. The van der Waals surface area contributed by atoms with Crippen molar-refractivity contribution in [3.05, 3.63) is 70.8 Å². The molecule has 1 saturated heterocycles. The van der Waals surface area contributed by atoms with Crippen LogP contribution in [0.25, 0.3) is 0 Å². The molecule has 3 aliphatic rings. The number of nitrogens with two attached hydrogens (primary N) is 1. The van der Waals surface area contributed by atoms with Crippen LogP contribution in [0.2, 0.25) is 0 Å². The van der Waals surface area contributed by atoms with Crippen LogP contribution in [-0.2, 0) is 22.4 Å². The van der Waals surface area contributed by atoms with E-state index in [0.29, 0.717) is 18.9 Å². The molecule has 37 heavy (non-hydrogen) atoms. The lowest BCUT2D eigenvalue weighted by molar-refractivity contribution is -0.137. The molecule has 0 bridgehead atoms. The van der Waals surface area contributed by atoms with E-state index in [0.717, 1.165) is 19.3 Å². The van der Waals surface area contributed by atoms with Crippen LogP contribution >= 0.6 is 0 Å². The van der Waals surface area contributed by atoms with Crippen molar-refractivity contribution in [1.29, 1.82) is 5.26 Å². The third-order valence-corrected chi connectivity index (χ3v) is 8.50. The highest BCUT2D eigenvalue weighted by molar-refractivity contribution is 5.86. The van der Waals surface area contributed by atoms with Gasteiger partial charge in [-0.3, -0.25) is 14.5 Å². The molecule has 2 aromatic rings. The fourth-order valence-electron chi connectivity index (χ4n) is 6.28. The molecule has 194 valence electrons. The van der Waals surface area contributed by atoms with E-state index < -0.39 is 12.1 Å². The second kappa shape index (κ2) is 10.3. The number of benzene rings is 2. The largest absolute Gasteiger partial charge is 0.330 e. The average Bonchev–Trinajstić information content (AvgIpc) is 3.54. The number of rotatable bonds is 7. The maximum Gasteiger partial charge on any atom is 0.242 e. The molecular weight excluding hydrogens is 462 g/mol. The van der Waals surface area contributed by atoms with Gasteiger partial charge < -0.3 is 15.5 Å². The summed E-state index contributed by atoms with van der Waals surface area (Å²) >= 11 is 0. The zero-order chi connectivity index (χ0) is 26.3. The van der Waals surface area contributed by atoms with Crippen molar-refractivity contribution in [1.82, 2.24) is 14.7 Å². The Morgan fingerprint density at radius 1 is 1.14 bits per heavy atom. The van der Waals surface area contributed by atoms with Crippen molar-refractivity contribution >= 4 is 11.8 Å². The summed E-state index contributed by atoms with van der Waals surface area (Å²) in [5, 5.41) is 9.46. The molecule has 0 aromatic heterocycles. The number of carbonyl (C=O) groups excluding carboxylic acids is 2. The van der Waals surface area contributed by atoms with Gasteiger partial charge in [0.05, 0.1) is 24.2 Å². The molecular formula is C30H37N5O2. The summed E-state index contributed by atoms with van der Waals surface area (Å²) in [6.07, 6.45) is 3.52. The number of amides is 2. The number of hydrogen-bond donors (Lipinski definition) is 1. The van der Waals surface area contributed by atoms with Crippen LogP contribution in [0.5, 0.6) is 0 Å². The number of hydrogen-bond acceptors (Lipinski definition) is 5. The topological polar surface area (TPSA) is 93.7 Å². The van der Waals surface area contributed by atoms with Crippen LogP contribution in [0.4, 0.5) is 0 Å².